The van der Waals surface area contributed by atoms with Gasteiger partial charge in [0, 0.05) is 30.5 Å². The lowest BCUT2D eigenvalue weighted by Crippen LogP contribution is -2.37. The van der Waals surface area contributed by atoms with Crippen molar-refractivity contribution >= 4 is 11.6 Å². The number of pyridine rings is 1. The van der Waals surface area contributed by atoms with Crippen LogP contribution in [0, 0.1) is 25.5 Å². The fourth-order valence-electron chi connectivity index (χ4n) is 3.34. The van der Waals surface area contributed by atoms with Gasteiger partial charge in [0.2, 0.25) is 0 Å². The molecule has 0 unspecified atom stereocenters. The highest BCUT2D eigenvalue weighted by atomic mass is 19.4. The second-order valence-electron chi connectivity index (χ2n) is 7.61. The Kier molecular flexibility index (Phi) is 7.12. The molecule has 1 amide bonds. The van der Waals surface area contributed by atoms with E-state index >= 15 is 0 Å². The molecule has 174 valence electrons. The molecule has 0 fully saturated rings. The number of nitrogens with zero attached hydrogens (tertiary/aromatic N) is 2. The number of anilines is 1. The van der Waals surface area contributed by atoms with Gasteiger partial charge in [0.15, 0.2) is 6.10 Å². The van der Waals surface area contributed by atoms with Crippen LogP contribution in [0.3, 0.4) is 0 Å². The molecular weight excluding hydrogens is 443 g/mol. The molecule has 0 spiro atoms. The van der Waals surface area contributed by atoms with E-state index in [0.29, 0.717) is 16.9 Å². The molecule has 0 saturated carbocycles. The van der Waals surface area contributed by atoms with Crippen molar-refractivity contribution in [1.29, 1.82) is 0 Å². The Morgan fingerprint density at radius 3 is 2.27 bits per heavy atom. The van der Waals surface area contributed by atoms with Crippen LogP contribution in [0.4, 0.5) is 27.6 Å². The maximum absolute atomic E-state index is 13.8. The number of hydrogen-bond acceptors (Lipinski definition) is 3. The van der Waals surface area contributed by atoms with E-state index in [1.165, 1.54) is 49.1 Å². The predicted molar refractivity (Wildman–Crippen MR) is 113 cm³/mol. The van der Waals surface area contributed by atoms with E-state index in [-0.39, 0.29) is 24.1 Å². The van der Waals surface area contributed by atoms with Crippen LogP contribution in [0.25, 0.3) is 0 Å². The molecule has 1 heterocycles. The molecule has 0 aliphatic heterocycles. The number of aromatic nitrogens is 1. The Hall–Kier alpha value is -3.33. The minimum absolute atomic E-state index is 0.0403. The molecule has 1 N–H and O–H groups in total. The summed E-state index contributed by atoms with van der Waals surface area (Å²) in [5.41, 5.74) is 0.490. The normalized spacial score (nSPS) is 12.5. The van der Waals surface area contributed by atoms with E-state index in [1.54, 1.807) is 0 Å². The van der Waals surface area contributed by atoms with E-state index in [4.69, 9.17) is 0 Å². The van der Waals surface area contributed by atoms with E-state index in [0.717, 1.165) is 24.4 Å². The smallest absolute Gasteiger partial charge is 0.378 e. The molecule has 0 aliphatic rings. The summed E-state index contributed by atoms with van der Waals surface area (Å²) in [4.78, 5) is 18.2. The first-order chi connectivity index (χ1) is 15.5. The van der Waals surface area contributed by atoms with E-state index in [9.17, 15) is 31.9 Å². The number of aryl methyl sites for hydroxylation is 2. The first-order valence-electron chi connectivity index (χ1n) is 10.0. The number of amides is 1. The molecule has 0 radical (unpaired) electrons. The summed E-state index contributed by atoms with van der Waals surface area (Å²) in [7, 11) is 0. The molecule has 0 aliphatic carbocycles. The van der Waals surface area contributed by atoms with Crippen molar-refractivity contribution in [1.82, 2.24) is 4.98 Å². The summed E-state index contributed by atoms with van der Waals surface area (Å²) in [6.45, 7) is 2.96. The Bertz CT molecular complexity index is 1150. The highest BCUT2D eigenvalue weighted by molar-refractivity contribution is 5.97. The predicted octanol–water partition coefficient (Wildman–Crippen LogP) is 5.30. The van der Waals surface area contributed by atoms with Crippen LogP contribution in [0.1, 0.15) is 34.1 Å². The van der Waals surface area contributed by atoms with Crippen LogP contribution in [0.5, 0.6) is 0 Å². The van der Waals surface area contributed by atoms with Crippen molar-refractivity contribution in [2.45, 2.75) is 32.5 Å². The summed E-state index contributed by atoms with van der Waals surface area (Å²) in [5.74, 6) is -1.77. The lowest BCUT2D eigenvalue weighted by Gasteiger charge is -2.26. The molecule has 3 aromatic rings. The molecule has 2 aromatic carbocycles. The van der Waals surface area contributed by atoms with Gasteiger partial charge in [-0.15, -0.1) is 0 Å². The average molecular weight is 464 g/mol. The van der Waals surface area contributed by atoms with Gasteiger partial charge in [0.25, 0.3) is 5.91 Å². The quantitative estimate of drug-likeness (QED) is 0.504. The number of benzene rings is 2. The average Bonchev–Trinajstić information content (AvgIpc) is 2.76. The monoisotopic (exact) mass is 464 g/mol. The first kappa shape index (κ1) is 24.3. The number of aliphatic hydroxyl groups excluding tert-OH is 1. The highest BCUT2D eigenvalue weighted by Crippen LogP contribution is 2.30. The number of aliphatic hydroxyl groups is 1. The van der Waals surface area contributed by atoms with Gasteiger partial charge in [-0.05, 0) is 66.9 Å². The molecule has 1 aromatic heterocycles. The first-order valence-corrected chi connectivity index (χ1v) is 10.0. The van der Waals surface area contributed by atoms with Crippen molar-refractivity contribution in [3.05, 3.63) is 94.3 Å². The van der Waals surface area contributed by atoms with Crippen molar-refractivity contribution in [2.24, 2.45) is 0 Å². The number of hydrogen-bond donors (Lipinski definition) is 1. The zero-order valence-electron chi connectivity index (χ0n) is 17.8. The van der Waals surface area contributed by atoms with Gasteiger partial charge in [-0.25, -0.2) is 8.78 Å². The van der Waals surface area contributed by atoms with Crippen molar-refractivity contribution in [3.8, 4) is 0 Å². The third kappa shape index (κ3) is 5.73. The number of rotatable bonds is 6. The Balaban J connectivity index is 1.90. The molecule has 0 saturated heterocycles. The van der Waals surface area contributed by atoms with Gasteiger partial charge in [-0.1, -0.05) is 12.1 Å². The van der Waals surface area contributed by atoms with Crippen LogP contribution in [0.2, 0.25) is 0 Å². The van der Waals surface area contributed by atoms with Gasteiger partial charge in [0.05, 0.1) is 5.56 Å². The third-order valence-corrected chi connectivity index (χ3v) is 5.23. The summed E-state index contributed by atoms with van der Waals surface area (Å²) in [5, 5.41) is 10.6. The summed E-state index contributed by atoms with van der Waals surface area (Å²) < 4.78 is 65.7. The zero-order chi connectivity index (χ0) is 24.3. The van der Waals surface area contributed by atoms with Crippen LogP contribution in [-0.4, -0.2) is 22.5 Å². The fourth-order valence-corrected chi connectivity index (χ4v) is 3.34. The van der Waals surface area contributed by atoms with Crippen LogP contribution < -0.4 is 4.90 Å². The number of carbonyl (C=O) groups is 1. The third-order valence-electron chi connectivity index (χ3n) is 5.23. The summed E-state index contributed by atoms with van der Waals surface area (Å²) in [6, 6.07) is 9.70. The van der Waals surface area contributed by atoms with E-state index in [2.05, 4.69) is 4.98 Å². The van der Waals surface area contributed by atoms with E-state index in [1.807, 2.05) is 0 Å². The van der Waals surface area contributed by atoms with Gasteiger partial charge < -0.3 is 10.0 Å². The van der Waals surface area contributed by atoms with Crippen molar-refractivity contribution in [3.63, 3.8) is 0 Å². The molecule has 4 nitrogen and oxygen atoms in total. The van der Waals surface area contributed by atoms with Crippen LogP contribution in [0.15, 0.2) is 54.7 Å². The zero-order valence-corrected chi connectivity index (χ0v) is 17.8. The van der Waals surface area contributed by atoms with Gasteiger partial charge in [0.1, 0.15) is 11.6 Å². The molecular formula is C24H21F5N2O2. The number of halogens is 5. The Morgan fingerprint density at radius 2 is 1.70 bits per heavy atom. The molecule has 3 rings (SSSR count). The Morgan fingerprint density at radius 1 is 1.03 bits per heavy atom. The Labute approximate surface area is 187 Å². The topological polar surface area (TPSA) is 53.4 Å². The molecule has 9 heteroatoms. The van der Waals surface area contributed by atoms with Gasteiger partial charge in [-0.2, -0.15) is 13.2 Å². The number of alkyl halides is 3. The second kappa shape index (κ2) is 9.66. The van der Waals surface area contributed by atoms with E-state index < -0.39 is 35.4 Å². The molecule has 0 bridgehead atoms. The van der Waals surface area contributed by atoms with Crippen molar-refractivity contribution in [2.75, 3.05) is 11.4 Å². The lowest BCUT2D eigenvalue weighted by atomic mass is 10.1. The maximum atomic E-state index is 13.8. The minimum atomic E-state index is -4.52. The van der Waals surface area contributed by atoms with Crippen molar-refractivity contribution < 1.29 is 31.9 Å². The largest absolute Gasteiger partial charge is 0.417 e. The van der Waals surface area contributed by atoms with Gasteiger partial charge in [-0.3, -0.25) is 9.78 Å². The van der Waals surface area contributed by atoms with Crippen LogP contribution in [-0.2, 0) is 17.4 Å². The highest BCUT2D eigenvalue weighted by Gasteiger charge is 2.31. The molecule has 33 heavy (non-hydrogen) atoms. The van der Waals surface area contributed by atoms with Gasteiger partial charge >= 0.3 is 6.18 Å². The SMILES string of the molecule is Cc1cc(N(CCc2ncc(C(F)(F)F)cc2C)C(=O)[C@@H](O)c2ccc(F)cc2)ccc1F. The second-order valence-corrected chi connectivity index (χ2v) is 7.61. The number of carbonyl (C=O) groups excluding carboxylic acids is 1. The van der Waals surface area contributed by atoms with Crippen LogP contribution >= 0.6 is 0 Å². The molecule has 1 atom stereocenters. The minimum Gasteiger partial charge on any atom is -0.378 e. The maximum Gasteiger partial charge on any atom is 0.417 e. The summed E-state index contributed by atoms with van der Waals surface area (Å²) >= 11 is 0. The summed E-state index contributed by atoms with van der Waals surface area (Å²) in [6.07, 6.45) is -5.34. The standard InChI is InChI=1S/C24H21F5N2O2/c1-14-12-19(7-8-20(14)26)31(23(33)22(32)16-3-5-18(25)6-4-16)10-9-21-15(2)11-17(13-30-21)24(27,28)29/h3-8,11-13,22,32H,9-10H2,1-2H3/t22-/m0/s1. The lowest BCUT2D eigenvalue weighted by molar-refractivity contribution is -0.137. The fraction of sp³-hybridized carbons (Fsp3) is 0.250.